The zero-order valence-electron chi connectivity index (χ0n) is 55.8. The van der Waals surface area contributed by atoms with Crippen molar-refractivity contribution in [2.45, 2.75) is 159 Å². The van der Waals surface area contributed by atoms with Gasteiger partial charge in [0.2, 0.25) is 65.0 Å². The van der Waals surface area contributed by atoms with Gasteiger partial charge in [0.1, 0.15) is 60.1 Å². The summed E-state index contributed by atoms with van der Waals surface area (Å²) in [4.78, 5) is 204. The predicted molar refractivity (Wildman–Crippen MR) is 366 cm³/mol. The van der Waals surface area contributed by atoms with Crippen molar-refractivity contribution in [3.63, 3.8) is 0 Å². The van der Waals surface area contributed by atoms with Crippen molar-refractivity contribution in [2.75, 3.05) is 30.0 Å². The van der Waals surface area contributed by atoms with Gasteiger partial charge in [0, 0.05) is 49.2 Å². The number of aromatic amines is 1. The Morgan fingerprint density at radius 3 is 1.55 bits per heavy atom. The molecule has 0 fully saturated rings. The molecule has 101 heavy (non-hydrogen) atoms. The fraction of sp³-hybridized carbons (Fsp3) is 0.484. The number of phenols is 1. The lowest BCUT2D eigenvalue weighted by atomic mass is 9.99. The van der Waals surface area contributed by atoms with E-state index in [-0.39, 0.29) is 91.4 Å². The number of aliphatic hydroxyl groups is 1. The number of carboxylic acids is 2. The molecular weight excluding hydrogens is 1340 g/mol. The second-order valence-electron chi connectivity index (χ2n) is 24.2. The van der Waals surface area contributed by atoms with E-state index >= 15 is 0 Å². The number of aromatic hydroxyl groups is 1. The van der Waals surface area contributed by atoms with Crippen molar-refractivity contribution in [1.29, 1.82) is 0 Å². The minimum Gasteiger partial charge on any atom is -0.508 e. The highest BCUT2D eigenvalue weighted by Crippen LogP contribution is 2.17. The highest BCUT2D eigenvalue weighted by Gasteiger charge is 2.36. The maximum atomic E-state index is 14.4. The van der Waals surface area contributed by atoms with Crippen molar-refractivity contribution in [3.05, 3.63) is 81.9 Å². The third kappa shape index (κ3) is 28.6. The Labute approximate surface area is 583 Å². The van der Waals surface area contributed by atoms with Gasteiger partial charge in [-0.15, -0.1) is 0 Å². The molecule has 0 aliphatic heterocycles. The summed E-state index contributed by atoms with van der Waals surface area (Å²) in [6.45, 7) is 5.82. The SMILES string of the molecule is CC(C)C[C@H](NC(=O)CC[C@H](NC(=O)c1ccc(NCc2cnc3nc(N)[nH]c(=O)c3n2)cc1)C(=O)O)C(=O)N[C@@H](CO)C(=O)N[C@@H](CS)C(=O)N[C@H](CCC(N)=O)C(=O)N[C@@H](CC(C)C)C(=O)N[C@@H](Cc1ccc(O)cc1)C(=O)N[C@@H](CCC(N)=O)C(=O)N[C@@H](CCCN=C(N)N)C(=O)O. The van der Waals surface area contributed by atoms with E-state index in [4.69, 9.17) is 28.7 Å². The number of primary amides is 2. The van der Waals surface area contributed by atoms with Crippen LogP contribution in [0.2, 0.25) is 0 Å². The lowest BCUT2D eigenvalue weighted by Gasteiger charge is -2.28. The third-order valence-corrected chi connectivity index (χ3v) is 15.3. The number of nitrogens with one attached hydrogen (secondary N) is 11. The molecule has 0 radical (unpaired) electrons. The van der Waals surface area contributed by atoms with Crippen molar-refractivity contribution in [2.24, 2.45) is 39.8 Å². The zero-order chi connectivity index (χ0) is 75.2. The number of fused-ring (bicyclic) bond motifs is 1. The standard InChI is InChI=1S/C62H88N20O18S/c1-29(2)22-40(72-47(87)20-17-39(60(99)100)75-50(88)32-9-11-33(12-10-32)69-25-34-26-70-49-48(71-34)58(96)82-62(67)81-49)53(91)79-43(27-83)56(94)80-44(28-101)57(95)74-37(16-19-46(64)86)52(90)77-41(23-30(3)4)54(92)78-42(24-31-7-13-35(84)14-8-31)55(93)73-36(15-18-45(63)85)51(89)76-38(59(97)98)6-5-21-68-61(65)66/h7-14,26,29-30,36-44,69,83-84,101H,5-6,15-25,27-28H2,1-4H3,(H2,63,85)(H2,64,86)(H,72,87)(H,73,93)(H,74,95)(H,75,88)(H,76,89)(H,77,90)(H,78,92)(H,79,91)(H,80,94)(H,97,98)(H,99,100)(H4,65,66,68)(H3,67,70,81,82,96)/t36-,37+,38-,39-,40-,41-,42-,43-,44-/m0/s1. The predicted octanol–water partition coefficient (Wildman–Crippen LogP) is -4.62. The van der Waals surface area contributed by atoms with Crippen LogP contribution in [0.3, 0.4) is 0 Å². The molecule has 39 heteroatoms. The first kappa shape index (κ1) is 82.2. The first-order chi connectivity index (χ1) is 47.7. The number of nitrogen functional groups attached to an aromatic ring is 1. The summed E-state index contributed by atoms with van der Waals surface area (Å²) in [7, 11) is 0. The van der Waals surface area contributed by atoms with E-state index in [2.05, 4.69) is 90.7 Å². The number of thiol groups is 1. The van der Waals surface area contributed by atoms with Crippen LogP contribution >= 0.6 is 12.6 Å². The topological polar surface area (TPSA) is 637 Å². The third-order valence-electron chi connectivity index (χ3n) is 14.9. The number of aliphatic hydroxyl groups excluding tert-OH is 1. The van der Waals surface area contributed by atoms with E-state index in [1.807, 2.05) is 0 Å². The highest BCUT2D eigenvalue weighted by atomic mass is 32.1. The molecule has 25 N–H and O–H groups in total. The molecule has 4 rings (SSSR count). The first-order valence-electron chi connectivity index (χ1n) is 31.8. The molecule has 4 aromatic rings. The number of guanidine groups is 1. The van der Waals surface area contributed by atoms with Gasteiger partial charge >= 0.3 is 11.9 Å². The Hall–Kier alpha value is -11.2. The minimum atomic E-state index is -1.80. The van der Waals surface area contributed by atoms with E-state index in [0.717, 1.165) is 0 Å². The van der Waals surface area contributed by atoms with Crippen LogP contribution in [0.15, 0.2) is 64.5 Å². The van der Waals surface area contributed by atoms with Crippen LogP contribution in [0.4, 0.5) is 11.6 Å². The molecule has 0 aliphatic rings. The van der Waals surface area contributed by atoms with Crippen LogP contribution in [-0.4, -0.2) is 197 Å². The molecule has 2 heterocycles. The number of phenolic OH excluding ortho intramolecular Hbond substituents is 1. The Kier molecular flexibility index (Phi) is 33.0. The van der Waals surface area contributed by atoms with E-state index in [9.17, 15) is 87.5 Å². The van der Waals surface area contributed by atoms with Gasteiger partial charge in [-0.05, 0) is 98.7 Å². The highest BCUT2D eigenvalue weighted by molar-refractivity contribution is 7.80. The number of hydrogen-bond donors (Lipinski definition) is 21. The summed E-state index contributed by atoms with van der Waals surface area (Å²) in [5.74, 6) is -15.4. The first-order valence-corrected chi connectivity index (χ1v) is 32.5. The summed E-state index contributed by atoms with van der Waals surface area (Å²) < 4.78 is 0. The minimum absolute atomic E-state index is 0.0142. The van der Waals surface area contributed by atoms with Crippen LogP contribution in [0.5, 0.6) is 5.75 Å². The average Bonchev–Trinajstić information content (AvgIpc) is 0.817. The maximum Gasteiger partial charge on any atom is 0.326 e. The number of benzene rings is 2. The van der Waals surface area contributed by atoms with E-state index in [1.54, 1.807) is 27.7 Å². The van der Waals surface area contributed by atoms with E-state index in [1.165, 1.54) is 54.7 Å². The fourth-order valence-electron chi connectivity index (χ4n) is 9.68. The van der Waals surface area contributed by atoms with Gasteiger partial charge in [-0.25, -0.2) is 19.6 Å². The van der Waals surface area contributed by atoms with Crippen molar-refractivity contribution < 1.29 is 82.8 Å². The van der Waals surface area contributed by atoms with Crippen LogP contribution in [0.1, 0.15) is 114 Å². The number of H-pyrrole nitrogens is 1. The molecule has 0 unspecified atom stereocenters. The number of anilines is 2. The summed E-state index contributed by atoms with van der Waals surface area (Å²) in [5.41, 5.74) is 27.8. The smallest absolute Gasteiger partial charge is 0.326 e. The number of amides is 11. The Balaban J connectivity index is 1.43. The molecule has 38 nitrogen and oxygen atoms in total. The maximum absolute atomic E-state index is 14.4. The van der Waals surface area contributed by atoms with Gasteiger partial charge in [-0.2, -0.15) is 17.6 Å². The number of carboxylic acid groups (broad SMARTS) is 2. The number of rotatable bonds is 43. The molecule has 0 bridgehead atoms. The van der Waals surface area contributed by atoms with Gasteiger partial charge in [-0.1, -0.05) is 39.8 Å². The van der Waals surface area contributed by atoms with Crippen LogP contribution in [0, 0.1) is 11.8 Å². The zero-order valence-corrected chi connectivity index (χ0v) is 56.7. The summed E-state index contributed by atoms with van der Waals surface area (Å²) in [5, 5.41) is 65.0. The van der Waals surface area contributed by atoms with Gasteiger partial charge in [0.05, 0.1) is 25.0 Å². The van der Waals surface area contributed by atoms with E-state index < -0.39 is 188 Å². The van der Waals surface area contributed by atoms with Crippen LogP contribution in [0.25, 0.3) is 11.2 Å². The summed E-state index contributed by atoms with van der Waals surface area (Å²) >= 11 is 4.19. The summed E-state index contributed by atoms with van der Waals surface area (Å²) in [6.07, 6.45) is -2.04. The normalized spacial score (nSPS) is 13.7. The van der Waals surface area contributed by atoms with E-state index in [0.29, 0.717) is 16.9 Å². The number of carbonyl (C=O) groups is 13. The quantitative estimate of drug-likeness (QED) is 0.00858. The van der Waals surface area contributed by atoms with Gasteiger partial charge in [-0.3, -0.25) is 67.5 Å². The average molecular weight is 1430 g/mol. The van der Waals surface area contributed by atoms with Crippen LogP contribution in [-0.2, 0) is 70.5 Å². The molecule has 0 spiro atoms. The number of carbonyl (C=O) groups excluding carboxylic acids is 11. The van der Waals surface area contributed by atoms with Crippen molar-refractivity contribution in [1.82, 2.24) is 67.8 Å². The Morgan fingerprint density at radius 2 is 1.03 bits per heavy atom. The number of nitrogens with zero attached hydrogens (tertiary/aromatic N) is 4. The van der Waals surface area contributed by atoms with Gasteiger partial charge < -0.3 is 102 Å². The molecule has 2 aromatic carbocycles. The molecular formula is C62H88N20O18S. The molecule has 2 aromatic heterocycles. The largest absolute Gasteiger partial charge is 0.508 e. The number of aromatic nitrogens is 4. The van der Waals surface area contributed by atoms with Gasteiger partial charge in [0.15, 0.2) is 17.1 Å². The molecule has 11 amide bonds. The second kappa shape index (κ2) is 40.6. The lowest BCUT2D eigenvalue weighted by Crippen LogP contribution is -2.61. The monoisotopic (exact) mass is 1430 g/mol. The molecule has 0 aliphatic carbocycles. The fourth-order valence-corrected chi connectivity index (χ4v) is 9.94. The second-order valence-corrected chi connectivity index (χ2v) is 24.5. The Bertz CT molecular complexity index is 3690. The number of hydrogen-bond acceptors (Lipinski definition) is 23. The van der Waals surface area contributed by atoms with Gasteiger partial charge in [0.25, 0.3) is 11.5 Å². The van der Waals surface area contributed by atoms with Crippen LogP contribution < -0.4 is 87.4 Å². The number of aliphatic imine (C=N–C) groups is 1. The lowest BCUT2D eigenvalue weighted by molar-refractivity contribution is -0.142. The molecule has 0 saturated carbocycles. The van der Waals surface area contributed by atoms with Crippen molar-refractivity contribution >= 4 is 118 Å². The van der Waals surface area contributed by atoms with Crippen molar-refractivity contribution in [3.8, 4) is 5.75 Å². The number of aliphatic carboxylic acids is 2. The summed E-state index contributed by atoms with van der Waals surface area (Å²) in [6, 6.07) is -3.08. The molecule has 550 valence electrons. The molecule has 0 saturated heterocycles. The molecule has 9 atom stereocenters. The Morgan fingerprint density at radius 1 is 0.564 bits per heavy atom. The number of nitrogens with two attached hydrogens (primary N) is 5.